The first kappa shape index (κ1) is 22.2. The zero-order valence-corrected chi connectivity index (χ0v) is 18.0. The Morgan fingerprint density at radius 3 is 2.58 bits per heavy atom. The fourth-order valence-electron chi connectivity index (χ4n) is 2.74. The second-order valence-electron chi connectivity index (χ2n) is 6.59. The van der Waals surface area contributed by atoms with Crippen LogP contribution in [0.1, 0.15) is 21.5 Å². The third kappa shape index (κ3) is 6.00. The number of ether oxygens (including phenoxy) is 1. The molecule has 0 radical (unpaired) electrons. The summed E-state index contributed by atoms with van der Waals surface area (Å²) in [6.45, 7) is 2.05. The largest absolute Gasteiger partial charge is 0.489 e. The third-order valence-electron chi connectivity index (χ3n) is 4.31. The molecular formula is C22H18ClN3O4S. The predicted octanol–water partition coefficient (Wildman–Crippen LogP) is 5.26. The Bertz CT molecular complexity index is 1140. The van der Waals surface area contributed by atoms with Gasteiger partial charge in [0.25, 0.3) is 11.6 Å². The van der Waals surface area contributed by atoms with Crippen molar-refractivity contribution in [3.05, 3.63) is 98.6 Å². The zero-order chi connectivity index (χ0) is 22.4. The lowest BCUT2D eigenvalue weighted by atomic mass is 10.2. The molecule has 2 N–H and O–H groups in total. The van der Waals surface area contributed by atoms with E-state index in [-0.39, 0.29) is 15.8 Å². The number of aryl methyl sites for hydroxylation is 1. The van der Waals surface area contributed by atoms with Crippen LogP contribution in [0.2, 0.25) is 5.02 Å². The Balaban J connectivity index is 1.63. The summed E-state index contributed by atoms with van der Waals surface area (Å²) in [5, 5.41) is 16.4. The molecule has 3 rings (SSSR count). The summed E-state index contributed by atoms with van der Waals surface area (Å²) in [7, 11) is 0. The van der Waals surface area contributed by atoms with Crippen molar-refractivity contribution in [2.45, 2.75) is 13.5 Å². The number of anilines is 1. The van der Waals surface area contributed by atoms with E-state index in [4.69, 9.17) is 28.6 Å². The number of nitrogens with zero attached hydrogens (tertiary/aromatic N) is 1. The van der Waals surface area contributed by atoms with E-state index in [2.05, 4.69) is 10.6 Å². The van der Waals surface area contributed by atoms with Crippen LogP contribution < -0.4 is 15.4 Å². The lowest BCUT2D eigenvalue weighted by molar-refractivity contribution is -0.384. The van der Waals surface area contributed by atoms with Crippen LogP contribution in [0.5, 0.6) is 5.75 Å². The van der Waals surface area contributed by atoms with Gasteiger partial charge in [0.15, 0.2) is 5.11 Å². The van der Waals surface area contributed by atoms with Gasteiger partial charge >= 0.3 is 0 Å². The number of hydrogen-bond donors (Lipinski definition) is 2. The van der Waals surface area contributed by atoms with Crippen LogP contribution in [0.25, 0.3) is 0 Å². The second kappa shape index (κ2) is 10.0. The van der Waals surface area contributed by atoms with E-state index in [1.165, 1.54) is 12.1 Å². The minimum Gasteiger partial charge on any atom is -0.489 e. The number of carbonyl (C=O) groups excluding carboxylic acids is 1. The number of rotatable bonds is 6. The summed E-state index contributed by atoms with van der Waals surface area (Å²) < 4.78 is 5.74. The van der Waals surface area contributed by atoms with E-state index >= 15 is 0 Å². The van der Waals surface area contributed by atoms with Crippen LogP contribution in [0, 0.1) is 17.0 Å². The molecule has 9 heteroatoms. The number of nitrogens with one attached hydrogen (secondary N) is 2. The molecule has 0 fully saturated rings. The Morgan fingerprint density at radius 2 is 1.87 bits per heavy atom. The molecular weight excluding hydrogens is 438 g/mol. The standard InChI is InChI=1S/C22H18ClN3O4S/c1-14-10-20(26(28)29)18(23)12-19(14)24-22(31)25-21(27)16-8-5-9-17(11-16)30-13-15-6-3-2-4-7-15/h2-12H,13H2,1H3,(H2,24,25,27,31). The molecule has 0 atom stereocenters. The maximum absolute atomic E-state index is 12.6. The molecule has 0 bridgehead atoms. The molecule has 0 saturated heterocycles. The Hall–Kier alpha value is -3.49. The van der Waals surface area contributed by atoms with E-state index in [0.29, 0.717) is 29.2 Å². The highest BCUT2D eigenvalue weighted by atomic mass is 35.5. The average Bonchev–Trinajstić information content (AvgIpc) is 2.75. The quantitative estimate of drug-likeness (QED) is 0.299. The van der Waals surface area contributed by atoms with Crippen molar-refractivity contribution in [3.8, 4) is 5.75 Å². The van der Waals surface area contributed by atoms with E-state index in [1.807, 2.05) is 30.3 Å². The van der Waals surface area contributed by atoms with Crippen molar-refractivity contribution in [2.24, 2.45) is 0 Å². The second-order valence-corrected chi connectivity index (χ2v) is 7.40. The van der Waals surface area contributed by atoms with Gasteiger partial charge < -0.3 is 10.1 Å². The predicted molar refractivity (Wildman–Crippen MR) is 124 cm³/mol. The zero-order valence-electron chi connectivity index (χ0n) is 16.4. The fraction of sp³-hybridized carbons (Fsp3) is 0.0909. The van der Waals surface area contributed by atoms with Crippen molar-refractivity contribution in [2.75, 3.05) is 5.32 Å². The molecule has 0 saturated carbocycles. The van der Waals surface area contributed by atoms with E-state index < -0.39 is 10.8 Å². The van der Waals surface area contributed by atoms with E-state index in [1.54, 1.807) is 31.2 Å². The number of nitro groups is 1. The van der Waals surface area contributed by atoms with Gasteiger partial charge in [-0.15, -0.1) is 0 Å². The van der Waals surface area contributed by atoms with Crippen molar-refractivity contribution >= 4 is 46.2 Å². The van der Waals surface area contributed by atoms with Gasteiger partial charge in [0.05, 0.1) is 4.92 Å². The van der Waals surface area contributed by atoms with Crippen LogP contribution in [0.15, 0.2) is 66.7 Å². The van der Waals surface area contributed by atoms with Crippen LogP contribution in [0.3, 0.4) is 0 Å². The SMILES string of the molecule is Cc1cc([N+](=O)[O-])c(Cl)cc1NC(=S)NC(=O)c1cccc(OCc2ccccc2)c1. The molecule has 0 spiro atoms. The van der Waals surface area contributed by atoms with Gasteiger partial charge in [-0.1, -0.05) is 48.0 Å². The summed E-state index contributed by atoms with van der Waals surface area (Å²) in [5.41, 5.74) is 2.20. The summed E-state index contributed by atoms with van der Waals surface area (Å²) in [5.74, 6) is 0.127. The molecule has 31 heavy (non-hydrogen) atoms. The van der Waals surface area contributed by atoms with Crippen molar-refractivity contribution in [1.29, 1.82) is 0 Å². The van der Waals surface area contributed by atoms with Gasteiger partial charge in [0.2, 0.25) is 0 Å². The number of amides is 1. The third-order valence-corrected chi connectivity index (χ3v) is 4.82. The summed E-state index contributed by atoms with van der Waals surface area (Å²) in [4.78, 5) is 23.0. The lowest BCUT2D eigenvalue weighted by Crippen LogP contribution is -2.34. The Kier molecular flexibility index (Phi) is 7.17. The topological polar surface area (TPSA) is 93.5 Å². The minimum absolute atomic E-state index is 0.0320. The van der Waals surface area contributed by atoms with Gasteiger partial charge in [-0.3, -0.25) is 20.2 Å². The number of hydrogen-bond acceptors (Lipinski definition) is 5. The van der Waals surface area contributed by atoms with E-state index in [9.17, 15) is 14.9 Å². The normalized spacial score (nSPS) is 10.3. The molecule has 158 valence electrons. The van der Waals surface area contributed by atoms with Gasteiger partial charge in [-0.25, -0.2) is 0 Å². The molecule has 0 aliphatic heterocycles. The van der Waals surface area contributed by atoms with E-state index in [0.717, 1.165) is 5.56 Å². The molecule has 3 aromatic carbocycles. The first-order valence-electron chi connectivity index (χ1n) is 9.17. The Morgan fingerprint density at radius 1 is 1.13 bits per heavy atom. The number of nitro benzene ring substituents is 1. The molecule has 0 aromatic heterocycles. The molecule has 0 aliphatic rings. The molecule has 3 aromatic rings. The van der Waals surface area contributed by atoms with Gasteiger partial charge in [0, 0.05) is 17.3 Å². The highest BCUT2D eigenvalue weighted by molar-refractivity contribution is 7.80. The highest BCUT2D eigenvalue weighted by Gasteiger charge is 2.16. The summed E-state index contributed by atoms with van der Waals surface area (Å²) in [6, 6.07) is 19.2. The van der Waals surface area contributed by atoms with Gasteiger partial charge in [-0.05, 0) is 54.5 Å². The monoisotopic (exact) mass is 455 g/mol. The Labute approximate surface area is 189 Å². The maximum Gasteiger partial charge on any atom is 0.288 e. The van der Waals surface area contributed by atoms with Crippen molar-refractivity contribution in [1.82, 2.24) is 5.32 Å². The number of carbonyl (C=O) groups is 1. The van der Waals surface area contributed by atoms with Crippen molar-refractivity contribution < 1.29 is 14.5 Å². The molecule has 7 nitrogen and oxygen atoms in total. The van der Waals surface area contributed by atoms with Gasteiger partial charge in [-0.2, -0.15) is 0 Å². The van der Waals surface area contributed by atoms with Crippen LogP contribution >= 0.6 is 23.8 Å². The summed E-state index contributed by atoms with van der Waals surface area (Å²) in [6.07, 6.45) is 0. The lowest BCUT2D eigenvalue weighted by Gasteiger charge is -2.13. The average molecular weight is 456 g/mol. The number of thiocarbonyl (C=S) groups is 1. The summed E-state index contributed by atoms with van der Waals surface area (Å²) >= 11 is 11.1. The fourth-order valence-corrected chi connectivity index (χ4v) is 3.17. The maximum atomic E-state index is 12.6. The minimum atomic E-state index is -0.563. The first-order chi connectivity index (χ1) is 14.8. The molecule has 0 heterocycles. The number of halogens is 1. The smallest absolute Gasteiger partial charge is 0.288 e. The van der Waals surface area contributed by atoms with Crippen LogP contribution in [0.4, 0.5) is 11.4 Å². The van der Waals surface area contributed by atoms with Gasteiger partial charge in [0.1, 0.15) is 17.4 Å². The van der Waals surface area contributed by atoms with Crippen LogP contribution in [-0.2, 0) is 6.61 Å². The van der Waals surface area contributed by atoms with Crippen molar-refractivity contribution in [3.63, 3.8) is 0 Å². The molecule has 0 unspecified atom stereocenters. The van der Waals surface area contributed by atoms with Crippen LogP contribution in [-0.4, -0.2) is 15.9 Å². The number of benzene rings is 3. The molecule has 0 aliphatic carbocycles. The first-order valence-corrected chi connectivity index (χ1v) is 9.96. The highest BCUT2D eigenvalue weighted by Crippen LogP contribution is 2.30. The molecule has 1 amide bonds.